The Labute approximate surface area is 170 Å². The van der Waals surface area contributed by atoms with Crippen molar-refractivity contribution in [1.82, 2.24) is 24.8 Å². The van der Waals surface area contributed by atoms with Crippen LogP contribution in [0.25, 0.3) is 11.3 Å². The lowest BCUT2D eigenvalue weighted by molar-refractivity contribution is -0.137. The number of benzene rings is 1. The highest BCUT2D eigenvalue weighted by Crippen LogP contribution is 2.32. The molecule has 3 aromatic rings. The first-order chi connectivity index (χ1) is 14.4. The lowest BCUT2D eigenvalue weighted by Gasteiger charge is -2.32. The molecule has 154 valence electrons. The van der Waals surface area contributed by atoms with Gasteiger partial charge in [0.2, 0.25) is 0 Å². The number of piperidine rings is 1. The van der Waals surface area contributed by atoms with Gasteiger partial charge in [-0.25, -0.2) is 9.97 Å². The second-order valence-electron chi connectivity index (χ2n) is 7.09. The first kappa shape index (κ1) is 19.9. The van der Waals surface area contributed by atoms with Crippen LogP contribution in [0.1, 0.15) is 40.5 Å². The van der Waals surface area contributed by atoms with Crippen LogP contribution in [0.5, 0.6) is 0 Å². The molecule has 1 amide bonds. The third-order valence-corrected chi connectivity index (χ3v) is 5.05. The summed E-state index contributed by atoms with van der Waals surface area (Å²) < 4.78 is 39.1. The standard InChI is InChI=1S/C21H18F3N5O/c22-21(23,24)16-5-1-3-14(9-16)17-10-26-11-18(28-17)15-4-2-8-29(13-15)20(30)19-12-25-6-7-27-19/h1,3,5-7,9-12,15H,2,4,8,13H2. The molecule has 9 heteroatoms. The lowest BCUT2D eigenvalue weighted by Crippen LogP contribution is -2.39. The predicted molar refractivity (Wildman–Crippen MR) is 102 cm³/mol. The van der Waals surface area contributed by atoms with Gasteiger partial charge in [0.15, 0.2) is 0 Å². The zero-order valence-corrected chi connectivity index (χ0v) is 15.9. The van der Waals surface area contributed by atoms with Gasteiger partial charge in [-0.05, 0) is 25.0 Å². The van der Waals surface area contributed by atoms with Crippen molar-refractivity contribution in [2.24, 2.45) is 0 Å². The summed E-state index contributed by atoms with van der Waals surface area (Å²) in [5.74, 6) is -0.257. The Hall–Kier alpha value is -3.36. The maximum Gasteiger partial charge on any atom is 0.416 e. The summed E-state index contributed by atoms with van der Waals surface area (Å²) >= 11 is 0. The van der Waals surface area contributed by atoms with Gasteiger partial charge in [0, 0.05) is 43.2 Å². The van der Waals surface area contributed by atoms with E-state index in [9.17, 15) is 18.0 Å². The number of nitrogens with zero attached hydrogens (tertiary/aromatic N) is 5. The minimum atomic E-state index is -4.42. The Kier molecular flexibility index (Phi) is 5.43. The second-order valence-corrected chi connectivity index (χ2v) is 7.09. The molecular formula is C21H18F3N5O. The molecule has 2 aromatic heterocycles. The monoisotopic (exact) mass is 413 g/mol. The summed E-state index contributed by atoms with van der Waals surface area (Å²) in [5, 5.41) is 0. The first-order valence-electron chi connectivity index (χ1n) is 9.46. The topological polar surface area (TPSA) is 71.9 Å². The van der Waals surface area contributed by atoms with E-state index in [-0.39, 0.29) is 17.5 Å². The third kappa shape index (κ3) is 4.29. The van der Waals surface area contributed by atoms with Gasteiger partial charge < -0.3 is 4.90 Å². The number of alkyl halides is 3. The molecule has 1 unspecified atom stereocenters. The second kappa shape index (κ2) is 8.17. The molecule has 6 nitrogen and oxygen atoms in total. The van der Waals surface area contributed by atoms with Gasteiger partial charge in [0.25, 0.3) is 5.91 Å². The molecule has 1 saturated heterocycles. The van der Waals surface area contributed by atoms with E-state index in [0.717, 1.165) is 25.0 Å². The molecule has 0 bridgehead atoms. The van der Waals surface area contributed by atoms with Gasteiger partial charge in [-0.3, -0.25) is 14.8 Å². The Morgan fingerprint density at radius 3 is 2.73 bits per heavy atom. The van der Waals surface area contributed by atoms with Crippen LogP contribution in [-0.4, -0.2) is 43.8 Å². The number of carbonyl (C=O) groups excluding carboxylic acids is 1. The summed E-state index contributed by atoms with van der Waals surface area (Å²) in [6.07, 6.45) is 4.63. The van der Waals surface area contributed by atoms with E-state index < -0.39 is 11.7 Å². The van der Waals surface area contributed by atoms with Crippen molar-refractivity contribution < 1.29 is 18.0 Å². The molecule has 0 spiro atoms. The smallest absolute Gasteiger partial charge is 0.337 e. The maximum absolute atomic E-state index is 13.0. The average Bonchev–Trinajstić information content (AvgIpc) is 2.79. The van der Waals surface area contributed by atoms with Crippen molar-refractivity contribution in [1.29, 1.82) is 0 Å². The van der Waals surface area contributed by atoms with Crippen molar-refractivity contribution in [2.75, 3.05) is 13.1 Å². The van der Waals surface area contributed by atoms with Crippen molar-refractivity contribution in [3.05, 3.63) is 72.2 Å². The molecule has 1 aliphatic rings. The van der Waals surface area contributed by atoms with E-state index in [0.29, 0.717) is 30.0 Å². The van der Waals surface area contributed by atoms with Gasteiger partial charge in [-0.15, -0.1) is 0 Å². The van der Waals surface area contributed by atoms with Crippen LogP contribution in [-0.2, 0) is 6.18 Å². The van der Waals surface area contributed by atoms with E-state index in [1.165, 1.54) is 30.9 Å². The largest absolute Gasteiger partial charge is 0.416 e. The van der Waals surface area contributed by atoms with Gasteiger partial charge in [0.1, 0.15) is 5.69 Å². The van der Waals surface area contributed by atoms with Gasteiger partial charge in [0.05, 0.1) is 29.3 Å². The van der Waals surface area contributed by atoms with Crippen molar-refractivity contribution >= 4 is 5.91 Å². The van der Waals surface area contributed by atoms with Crippen LogP contribution >= 0.6 is 0 Å². The van der Waals surface area contributed by atoms with Crippen molar-refractivity contribution in [3.63, 3.8) is 0 Å². The molecule has 1 fully saturated rings. The van der Waals surface area contributed by atoms with Crippen LogP contribution < -0.4 is 0 Å². The highest BCUT2D eigenvalue weighted by molar-refractivity contribution is 5.92. The Bertz CT molecular complexity index is 1040. The molecule has 1 aliphatic heterocycles. The summed E-state index contributed by atoms with van der Waals surface area (Å²) in [5.41, 5.74) is 0.924. The Balaban J connectivity index is 1.56. The molecule has 30 heavy (non-hydrogen) atoms. The first-order valence-corrected chi connectivity index (χ1v) is 9.46. The Morgan fingerprint density at radius 2 is 1.97 bits per heavy atom. The molecule has 4 rings (SSSR count). The summed E-state index contributed by atoms with van der Waals surface area (Å²) in [6, 6.07) is 5.03. The summed E-state index contributed by atoms with van der Waals surface area (Å²) in [7, 11) is 0. The number of rotatable bonds is 3. The summed E-state index contributed by atoms with van der Waals surface area (Å²) in [4.78, 5) is 31.1. The lowest BCUT2D eigenvalue weighted by atomic mass is 9.94. The molecule has 3 heterocycles. The molecule has 0 saturated carbocycles. The highest BCUT2D eigenvalue weighted by Gasteiger charge is 2.31. The normalized spacial score (nSPS) is 17.0. The number of carbonyl (C=O) groups is 1. The fourth-order valence-electron chi connectivity index (χ4n) is 3.55. The summed E-state index contributed by atoms with van der Waals surface area (Å²) in [6.45, 7) is 1.04. The Morgan fingerprint density at radius 1 is 1.10 bits per heavy atom. The molecule has 1 atom stereocenters. The van der Waals surface area contributed by atoms with Crippen molar-refractivity contribution in [3.8, 4) is 11.3 Å². The van der Waals surface area contributed by atoms with Gasteiger partial charge in [-0.2, -0.15) is 13.2 Å². The fourth-order valence-corrected chi connectivity index (χ4v) is 3.55. The molecule has 0 N–H and O–H groups in total. The molecule has 0 radical (unpaired) electrons. The third-order valence-electron chi connectivity index (χ3n) is 5.05. The number of aromatic nitrogens is 4. The van der Waals surface area contributed by atoms with E-state index in [1.54, 1.807) is 17.2 Å². The van der Waals surface area contributed by atoms with E-state index in [2.05, 4.69) is 19.9 Å². The zero-order chi connectivity index (χ0) is 21.1. The van der Waals surface area contributed by atoms with Crippen LogP contribution in [0.2, 0.25) is 0 Å². The highest BCUT2D eigenvalue weighted by atomic mass is 19.4. The maximum atomic E-state index is 13.0. The minimum absolute atomic E-state index is 0.0578. The van der Waals surface area contributed by atoms with Crippen LogP contribution in [0.4, 0.5) is 13.2 Å². The fraction of sp³-hybridized carbons (Fsp3) is 0.286. The molecule has 1 aromatic carbocycles. The quantitative estimate of drug-likeness (QED) is 0.650. The zero-order valence-electron chi connectivity index (χ0n) is 15.9. The molecule has 0 aliphatic carbocycles. The van der Waals surface area contributed by atoms with E-state index >= 15 is 0 Å². The van der Waals surface area contributed by atoms with Gasteiger partial charge in [-0.1, -0.05) is 12.1 Å². The van der Waals surface area contributed by atoms with Crippen molar-refractivity contribution in [2.45, 2.75) is 24.9 Å². The van der Waals surface area contributed by atoms with Crippen LogP contribution in [0, 0.1) is 0 Å². The number of likely N-dealkylation sites (tertiary alicyclic amines) is 1. The number of hydrogen-bond acceptors (Lipinski definition) is 5. The number of hydrogen-bond donors (Lipinski definition) is 0. The average molecular weight is 413 g/mol. The molecular weight excluding hydrogens is 395 g/mol. The number of amides is 1. The van der Waals surface area contributed by atoms with Crippen LogP contribution in [0.3, 0.4) is 0 Å². The number of halogens is 3. The predicted octanol–water partition coefficient (Wildman–Crippen LogP) is 3.97. The van der Waals surface area contributed by atoms with Crippen LogP contribution in [0.15, 0.2) is 55.2 Å². The van der Waals surface area contributed by atoms with E-state index in [4.69, 9.17) is 0 Å². The van der Waals surface area contributed by atoms with E-state index in [1.807, 2.05) is 0 Å². The SMILES string of the molecule is O=C(c1cnccn1)N1CCCC(c2cncc(-c3cccc(C(F)(F)F)c3)n2)C1. The van der Waals surface area contributed by atoms with Gasteiger partial charge >= 0.3 is 6.18 Å². The minimum Gasteiger partial charge on any atom is -0.337 e.